The Balaban J connectivity index is 2.34. The molecule has 0 saturated heterocycles. The van der Waals surface area contributed by atoms with E-state index in [-0.39, 0.29) is 0 Å². The van der Waals surface area contributed by atoms with Crippen molar-refractivity contribution in [2.75, 3.05) is 6.54 Å². The van der Waals surface area contributed by atoms with Gasteiger partial charge in [-0.1, -0.05) is 55.8 Å². The van der Waals surface area contributed by atoms with Gasteiger partial charge in [-0.3, -0.25) is 0 Å². The standard InChI is InChI=1S/C16H26BrN/c1-13(2)18-12-11-16(3,4)10-9-14-5-7-15(17)8-6-14/h5-8,13,18H,9-12H2,1-4H3. The molecule has 102 valence electrons. The maximum atomic E-state index is 3.50. The molecule has 0 unspecified atom stereocenters. The van der Waals surface area contributed by atoms with Crippen LogP contribution in [0.25, 0.3) is 0 Å². The summed E-state index contributed by atoms with van der Waals surface area (Å²) in [4.78, 5) is 0. The van der Waals surface area contributed by atoms with Gasteiger partial charge >= 0.3 is 0 Å². The number of hydrogen-bond acceptors (Lipinski definition) is 1. The number of nitrogens with one attached hydrogen (secondary N) is 1. The van der Waals surface area contributed by atoms with Crippen LogP contribution in [0.15, 0.2) is 28.7 Å². The van der Waals surface area contributed by atoms with Gasteiger partial charge in [0.05, 0.1) is 0 Å². The van der Waals surface area contributed by atoms with Crippen LogP contribution in [-0.2, 0) is 6.42 Å². The molecule has 0 spiro atoms. The lowest BCUT2D eigenvalue weighted by atomic mass is 9.83. The fourth-order valence-electron chi connectivity index (χ4n) is 1.96. The average molecular weight is 312 g/mol. The van der Waals surface area contributed by atoms with Gasteiger partial charge in [-0.05, 0) is 48.9 Å². The van der Waals surface area contributed by atoms with E-state index >= 15 is 0 Å². The van der Waals surface area contributed by atoms with E-state index in [0.717, 1.165) is 11.0 Å². The van der Waals surface area contributed by atoms with Gasteiger partial charge in [0.25, 0.3) is 0 Å². The Kier molecular flexibility index (Phi) is 6.37. The monoisotopic (exact) mass is 311 g/mol. The van der Waals surface area contributed by atoms with Gasteiger partial charge in [0.1, 0.15) is 0 Å². The zero-order valence-corrected chi connectivity index (χ0v) is 13.7. The maximum absolute atomic E-state index is 3.50. The summed E-state index contributed by atoms with van der Waals surface area (Å²) in [5, 5.41) is 3.50. The van der Waals surface area contributed by atoms with Crippen LogP contribution in [0.3, 0.4) is 0 Å². The number of halogens is 1. The van der Waals surface area contributed by atoms with E-state index in [0.29, 0.717) is 11.5 Å². The molecule has 1 aromatic rings. The molecule has 0 aromatic heterocycles. The largest absolute Gasteiger partial charge is 0.315 e. The highest BCUT2D eigenvalue weighted by Gasteiger charge is 2.17. The van der Waals surface area contributed by atoms with Crippen molar-refractivity contribution < 1.29 is 0 Å². The molecule has 0 saturated carbocycles. The third-order valence-electron chi connectivity index (χ3n) is 3.36. The van der Waals surface area contributed by atoms with Gasteiger partial charge in [-0.2, -0.15) is 0 Å². The first-order chi connectivity index (χ1) is 8.39. The highest BCUT2D eigenvalue weighted by molar-refractivity contribution is 9.10. The van der Waals surface area contributed by atoms with Crippen LogP contribution >= 0.6 is 15.9 Å². The summed E-state index contributed by atoms with van der Waals surface area (Å²) < 4.78 is 1.16. The van der Waals surface area contributed by atoms with E-state index in [4.69, 9.17) is 0 Å². The summed E-state index contributed by atoms with van der Waals surface area (Å²) in [7, 11) is 0. The van der Waals surface area contributed by atoms with Crippen molar-refractivity contribution in [2.45, 2.75) is 53.0 Å². The van der Waals surface area contributed by atoms with Gasteiger partial charge in [-0.25, -0.2) is 0 Å². The molecule has 1 N–H and O–H groups in total. The predicted octanol–water partition coefficient (Wildman–Crippen LogP) is 4.80. The van der Waals surface area contributed by atoms with Crippen LogP contribution in [0.5, 0.6) is 0 Å². The topological polar surface area (TPSA) is 12.0 Å². The highest BCUT2D eigenvalue weighted by atomic mass is 79.9. The number of rotatable bonds is 7. The molecule has 0 atom stereocenters. The van der Waals surface area contributed by atoms with Crippen molar-refractivity contribution in [3.05, 3.63) is 34.3 Å². The number of hydrogen-bond donors (Lipinski definition) is 1. The van der Waals surface area contributed by atoms with Gasteiger partial charge in [0.2, 0.25) is 0 Å². The Morgan fingerprint density at radius 2 is 1.72 bits per heavy atom. The van der Waals surface area contributed by atoms with Crippen LogP contribution in [-0.4, -0.2) is 12.6 Å². The summed E-state index contributed by atoms with van der Waals surface area (Å²) in [6.07, 6.45) is 3.65. The van der Waals surface area contributed by atoms with E-state index in [1.54, 1.807) is 0 Å². The zero-order valence-electron chi connectivity index (χ0n) is 12.1. The molecule has 18 heavy (non-hydrogen) atoms. The SMILES string of the molecule is CC(C)NCCC(C)(C)CCc1ccc(Br)cc1. The van der Waals surface area contributed by atoms with E-state index < -0.39 is 0 Å². The molecule has 0 amide bonds. The minimum atomic E-state index is 0.412. The third-order valence-corrected chi connectivity index (χ3v) is 3.89. The Hall–Kier alpha value is -0.340. The first kappa shape index (κ1) is 15.7. The molecular formula is C16H26BrN. The normalized spacial score (nSPS) is 12.1. The van der Waals surface area contributed by atoms with Crippen LogP contribution in [0.1, 0.15) is 46.1 Å². The van der Waals surface area contributed by atoms with Crippen LogP contribution < -0.4 is 5.32 Å². The first-order valence-corrected chi connectivity index (χ1v) is 7.66. The molecule has 1 aromatic carbocycles. The van der Waals surface area contributed by atoms with Crippen molar-refractivity contribution in [3.8, 4) is 0 Å². The Morgan fingerprint density at radius 1 is 1.11 bits per heavy atom. The van der Waals surface area contributed by atoms with Crippen molar-refractivity contribution in [3.63, 3.8) is 0 Å². The smallest absolute Gasteiger partial charge is 0.0175 e. The highest BCUT2D eigenvalue weighted by Crippen LogP contribution is 2.26. The third kappa shape index (κ3) is 6.55. The zero-order chi connectivity index (χ0) is 13.6. The van der Waals surface area contributed by atoms with Gasteiger partial charge in [0.15, 0.2) is 0 Å². The summed E-state index contributed by atoms with van der Waals surface area (Å²) in [5.74, 6) is 0. The molecule has 0 heterocycles. The first-order valence-electron chi connectivity index (χ1n) is 6.87. The minimum Gasteiger partial charge on any atom is -0.315 e. The Bertz CT molecular complexity index is 341. The van der Waals surface area contributed by atoms with Crippen LogP contribution in [0.2, 0.25) is 0 Å². The lowest BCUT2D eigenvalue weighted by Crippen LogP contribution is -2.28. The van der Waals surface area contributed by atoms with E-state index in [1.165, 1.54) is 24.8 Å². The average Bonchev–Trinajstić information content (AvgIpc) is 2.27. The summed E-state index contributed by atoms with van der Waals surface area (Å²) >= 11 is 3.48. The second-order valence-corrected chi connectivity index (χ2v) is 7.07. The van der Waals surface area contributed by atoms with Gasteiger partial charge in [0, 0.05) is 10.5 Å². The molecule has 0 aliphatic heterocycles. The molecule has 0 bridgehead atoms. The number of aryl methyl sites for hydroxylation is 1. The molecule has 0 aliphatic rings. The van der Waals surface area contributed by atoms with Crippen LogP contribution in [0, 0.1) is 5.41 Å². The van der Waals surface area contributed by atoms with Crippen molar-refractivity contribution in [1.82, 2.24) is 5.32 Å². The molecule has 2 heteroatoms. The van der Waals surface area contributed by atoms with E-state index in [9.17, 15) is 0 Å². The van der Waals surface area contributed by atoms with Gasteiger partial charge in [-0.15, -0.1) is 0 Å². The molecule has 1 nitrogen and oxygen atoms in total. The summed E-state index contributed by atoms with van der Waals surface area (Å²) in [5.41, 5.74) is 1.85. The Labute approximate surface area is 120 Å². The quantitative estimate of drug-likeness (QED) is 0.763. The lowest BCUT2D eigenvalue weighted by Gasteiger charge is -2.25. The predicted molar refractivity (Wildman–Crippen MR) is 84.0 cm³/mol. The second kappa shape index (κ2) is 7.30. The van der Waals surface area contributed by atoms with E-state index in [1.807, 2.05) is 0 Å². The molecule has 1 rings (SSSR count). The fraction of sp³-hybridized carbons (Fsp3) is 0.625. The van der Waals surface area contributed by atoms with Crippen molar-refractivity contribution in [1.29, 1.82) is 0 Å². The summed E-state index contributed by atoms with van der Waals surface area (Å²) in [6, 6.07) is 9.27. The van der Waals surface area contributed by atoms with E-state index in [2.05, 4.69) is 73.2 Å². The molecule has 0 fully saturated rings. The van der Waals surface area contributed by atoms with Crippen molar-refractivity contribution >= 4 is 15.9 Å². The molecule has 0 radical (unpaired) electrons. The number of benzene rings is 1. The lowest BCUT2D eigenvalue weighted by molar-refractivity contribution is 0.298. The van der Waals surface area contributed by atoms with Gasteiger partial charge < -0.3 is 5.32 Å². The minimum absolute atomic E-state index is 0.412. The maximum Gasteiger partial charge on any atom is 0.0175 e. The molecular weight excluding hydrogens is 286 g/mol. The molecule has 0 aliphatic carbocycles. The van der Waals surface area contributed by atoms with Crippen molar-refractivity contribution in [2.24, 2.45) is 5.41 Å². The fourth-order valence-corrected chi connectivity index (χ4v) is 2.22. The summed E-state index contributed by atoms with van der Waals surface area (Å²) in [6.45, 7) is 10.3. The van der Waals surface area contributed by atoms with Crippen LogP contribution in [0.4, 0.5) is 0 Å². The second-order valence-electron chi connectivity index (χ2n) is 6.15. The Morgan fingerprint density at radius 3 is 2.28 bits per heavy atom.